The number of nitrogens with zero attached hydrogens (tertiary/aromatic N) is 3. The molecule has 1 saturated carbocycles. The van der Waals surface area contributed by atoms with Gasteiger partial charge in [0.15, 0.2) is 5.69 Å². The second-order valence-corrected chi connectivity index (χ2v) is 4.33. The molecule has 2 rings (SSSR count). The molecule has 0 spiro atoms. The van der Waals surface area contributed by atoms with Crippen molar-refractivity contribution < 1.29 is 4.79 Å². The third-order valence-electron chi connectivity index (χ3n) is 2.48. The van der Waals surface area contributed by atoms with Crippen LogP contribution < -0.4 is 5.73 Å². The van der Waals surface area contributed by atoms with Crippen molar-refractivity contribution in [3.63, 3.8) is 0 Å². The van der Waals surface area contributed by atoms with E-state index in [4.69, 9.17) is 18.0 Å². The molecule has 0 bridgehead atoms. The molecular weight excluding hydrogens is 226 g/mol. The normalized spacial score (nSPS) is 14.8. The van der Waals surface area contributed by atoms with Crippen LogP contribution in [0, 0.1) is 0 Å². The number of rotatable bonds is 5. The lowest BCUT2D eigenvalue weighted by Gasteiger charge is -2.20. The number of nitrogens with two attached hydrogens (primary N) is 1. The molecule has 1 aliphatic carbocycles. The summed E-state index contributed by atoms with van der Waals surface area (Å²) in [5.74, 6) is -0.104. The highest BCUT2D eigenvalue weighted by Crippen LogP contribution is 2.27. The summed E-state index contributed by atoms with van der Waals surface area (Å²) < 4.78 is 0. The van der Waals surface area contributed by atoms with Gasteiger partial charge in [-0.1, -0.05) is 12.2 Å². The third kappa shape index (κ3) is 2.54. The van der Waals surface area contributed by atoms with E-state index in [9.17, 15) is 4.79 Å². The number of amides is 1. The summed E-state index contributed by atoms with van der Waals surface area (Å²) >= 11 is 4.81. The Balaban J connectivity index is 2.01. The summed E-state index contributed by atoms with van der Waals surface area (Å²) in [5.41, 5.74) is 5.78. The van der Waals surface area contributed by atoms with Crippen molar-refractivity contribution in [3.05, 3.63) is 11.9 Å². The van der Waals surface area contributed by atoms with Gasteiger partial charge in [0.05, 0.1) is 11.2 Å². The summed E-state index contributed by atoms with van der Waals surface area (Å²) in [6, 6.07) is 0.318. The van der Waals surface area contributed by atoms with E-state index in [-0.39, 0.29) is 5.91 Å². The zero-order valence-corrected chi connectivity index (χ0v) is 9.54. The van der Waals surface area contributed by atoms with Gasteiger partial charge < -0.3 is 10.6 Å². The lowest BCUT2D eigenvalue weighted by atomic mass is 10.3. The molecule has 3 N–H and O–H groups in total. The molecule has 1 aromatic rings. The number of hydrogen-bond acceptors (Lipinski definition) is 4. The predicted octanol–water partition coefficient (Wildman–Crippen LogP) is 0.0855. The standard InChI is InChI=1S/C9H13N5OS/c10-8(16)3-4-14(6-1-2-6)9(15)7-5-11-13-12-7/h5-6H,1-4H2,(H2,10,16)(H,11,12,13). The molecule has 0 aromatic carbocycles. The maximum absolute atomic E-state index is 12.0. The largest absolute Gasteiger partial charge is 0.393 e. The summed E-state index contributed by atoms with van der Waals surface area (Å²) in [6.45, 7) is 0.561. The Morgan fingerprint density at radius 1 is 1.69 bits per heavy atom. The van der Waals surface area contributed by atoms with Gasteiger partial charge in [-0.15, -0.1) is 0 Å². The number of nitrogens with one attached hydrogen (secondary N) is 1. The van der Waals surface area contributed by atoms with Gasteiger partial charge in [0.2, 0.25) is 0 Å². The first-order chi connectivity index (χ1) is 7.68. The fourth-order valence-corrected chi connectivity index (χ4v) is 1.61. The van der Waals surface area contributed by atoms with Crippen LogP contribution >= 0.6 is 12.2 Å². The predicted molar refractivity (Wildman–Crippen MR) is 61.8 cm³/mol. The van der Waals surface area contributed by atoms with Crippen molar-refractivity contribution in [1.82, 2.24) is 20.3 Å². The Bertz CT molecular complexity index is 387. The summed E-state index contributed by atoms with van der Waals surface area (Å²) in [5, 5.41) is 9.84. The van der Waals surface area contributed by atoms with E-state index in [2.05, 4.69) is 15.4 Å². The number of thiocarbonyl (C=S) groups is 1. The van der Waals surface area contributed by atoms with Crippen molar-refractivity contribution in [1.29, 1.82) is 0 Å². The number of carbonyl (C=O) groups excluding carboxylic acids is 1. The molecule has 16 heavy (non-hydrogen) atoms. The second-order valence-electron chi connectivity index (χ2n) is 3.80. The lowest BCUT2D eigenvalue weighted by molar-refractivity contribution is 0.0742. The van der Waals surface area contributed by atoms with Crippen LogP contribution in [0.3, 0.4) is 0 Å². The molecule has 1 fully saturated rings. The summed E-state index contributed by atoms with van der Waals surface area (Å²) in [7, 11) is 0. The van der Waals surface area contributed by atoms with Crippen LogP contribution in [-0.4, -0.2) is 43.8 Å². The average Bonchev–Trinajstić information content (AvgIpc) is 2.93. The van der Waals surface area contributed by atoms with Gasteiger partial charge in [-0.25, -0.2) is 0 Å². The highest BCUT2D eigenvalue weighted by atomic mass is 32.1. The monoisotopic (exact) mass is 239 g/mol. The van der Waals surface area contributed by atoms with E-state index in [1.54, 1.807) is 4.90 Å². The third-order valence-corrected chi connectivity index (χ3v) is 2.69. The van der Waals surface area contributed by atoms with Crippen LogP contribution in [0.2, 0.25) is 0 Å². The average molecular weight is 239 g/mol. The van der Waals surface area contributed by atoms with E-state index < -0.39 is 0 Å². The van der Waals surface area contributed by atoms with Crippen LogP contribution in [0.5, 0.6) is 0 Å². The van der Waals surface area contributed by atoms with Gasteiger partial charge in [0, 0.05) is 19.0 Å². The van der Waals surface area contributed by atoms with E-state index >= 15 is 0 Å². The minimum absolute atomic E-state index is 0.104. The number of H-pyrrole nitrogens is 1. The first-order valence-electron chi connectivity index (χ1n) is 5.13. The topological polar surface area (TPSA) is 87.9 Å². The van der Waals surface area contributed by atoms with Gasteiger partial charge in [-0.05, 0) is 12.8 Å². The van der Waals surface area contributed by atoms with E-state index in [0.717, 1.165) is 12.8 Å². The minimum atomic E-state index is -0.104. The summed E-state index contributed by atoms with van der Waals surface area (Å²) in [6.07, 6.45) is 4.07. The first kappa shape index (κ1) is 11.0. The smallest absolute Gasteiger partial charge is 0.276 e. The maximum Gasteiger partial charge on any atom is 0.276 e. The van der Waals surface area contributed by atoms with Gasteiger partial charge in [0.1, 0.15) is 0 Å². The zero-order chi connectivity index (χ0) is 11.5. The molecule has 1 amide bonds. The fourth-order valence-electron chi connectivity index (χ4n) is 1.52. The highest BCUT2D eigenvalue weighted by Gasteiger charge is 2.33. The van der Waals surface area contributed by atoms with Crippen LogP contribution in [0.4, 0.5) is 0 Å². The molecule has 86 valence electrons. The van der Waals surface area contributed by atoms with Crippen molar-refractivity contribution in [2.45, 2.75) is 25.3 Å². The molecule has 6 nitrogen and oxygen atoms in total. The Labute approximate surface area is 98.2 Å². The summed E-state index contributed by atoms with van der Waals surface area (Å²) in [4.78, 5) is 14.2. The second kappa shape index (κ2) is 4.56. The molecular formula is C9H13N5OS. The SMILES string of the molecule is NC(=S)CCN(C(=O)c1cn[nH]n1)C1CC1. The molecule has 7 heteroatoms. The van der Waals surface area contributed by atoms with Gasteiger partial charge >= 0.3 is 0 Å². The Kier molecular flexibility index (Phi) is 3.14. The van der Waals surface area contributed by atoms with E-state index in [1.807, 2.05) is 0 Å². The number of carbonyl (C=O) groups is 1. The first-order valence-corrected chi connectivity index (χ1v) is 5.54. The highest BCUT2D eigenvalue weighted by molar-refractivity contribution is 7.80. The number of aromatic nitrogens is 3. The number of aromatic amines is 1. The quantitative estimate of drug-likeness (QED) is 0.711. The van der Waals surface area contributed by atoms with Crippen molar-refractivity contribution in [2.24, 2.45) is 5.73 Å². The van der Waals surface area contributed by atoms with Crippen LogP contribution in [0.25, 0.3) is 0 Å². The van der Waals surface area contributed by atoms with Crippen LogP contribution in [-0.2, 0) is 0 Å². The molecule has 1 heterocycles. The number of hydrogen-bond donors (Lipinski definition) is 2. The molecule has 0 atom stereocenters. The molecule has 0 aliphatic heterocycles. The molecule has 1 aromatic heterocycles. The van der Waals surface area contributed by atoms with Crippen molar-refractivity contribution in [2.75, 3.05) is 6.54 Å². The minimum Gasteiger partial charge on any atom is -0.393 e. The fraction of sp³-hybridized carbons (Fsp3) is 0.556. The van der Waals surface area contributed by atoms with Crippen LogP contribution in [0.15, 0.2) is 6.20 Å². The Hall–Kier alpha value is -1.50. The maximum atomic E-state index is 12.0. The molecule has 1 aliphatic rings. The molecule has 0 radical (unpaired) electrons. The Morgan fingerprint density at radius 2 is 2.44 bits per heavy atom. The van der Waals surface area contributed by atoms with Crippen molar-refractivity contribution in [3.8, 4) is 0 Å². The zero-order valence-electron chi connectivity index (χ0n) is 8.72. The van der Waals surface area contributed by atoms with E-state index in [0.29, 0.717) is 29.7 Å². The molecule has 0 saturated heterocycles. The van der Waals surface area contributed by atoms with Gasteiger partial charge in [0.25, 0.3) is 5.91 Å². The van der Waals surface area contributed by atoms with E-state index in [1.165, 1.54) is 6.20 Å². The van der Waals surface area contributed by atoms with Crippen molar-refractivity contribution >= 4 is 23.1 Å². The molecule has 0 unspecified atom stereocenters. The lowest BCUT2D eigenvalue weighted by Crippen LogP contribution is -2.35. The van der Waals surface area contributed by atoms with Gasteiger partial charge in [-0.2, -0.15) is 15.4 Å². The Morgan fingerprint density at radius 3 is 2.94 bits per heavy atom. The van der Waals surface area contributed by atoms with Crippen LogP contribution in [0.1, 0.15) is 29.8 Å². The van der Waals surface area contributed by atoms with Gasteiger partial charge in [-0.3, -0.25) is 4.79 Å².